The lowest BCUT2D eigenvalue weighted by Gasteiger charge is -2.35. The van der Waals surface area contributed by atoms with Crippen LogP contribution >= 0.6 is 15.9 Å². The second-order valence-corrected chi connectivity index (χ2v) is 6.11. The molecule has 1 heterocycles. The first-order valence-electron chi connectivity index (χ1n) is 6.88. The summed E-state index contributed by atoms with van der Waals surface area (Å²) in [5, 5.41) is 3.62. The molecule has 0 aromatic heterocycles. The first-order chi connectivity index (χ1) is 8.68. The molecule has 3 heteroatoms. The molecule has 1 aliphatic heterocycles. The van der Waals surface area contributed by atoms with Crippen LogP contribution in [-0.2, 0) is 5.54 Å². The number of rotatable bonds is 3. The molecule has 0 radical (unpaired) electrons. The Balaban J connectivity index is 2.41. The Morgan fingerprint density at radius 2 is 2.17 bits per heavy atom. The summed E-state index contributed by atoms with van der Waals surface area (Å²) in [7, 11) is 0. The lowest BCUT2D eigenvalue weighted by molar-refractivity contribution is 0.286. The fourth-order valence-corrected chi connectivity index (χ4v) is 3.37. The average Bonchev–Trinajstić information content (AvgIpc) is 2.59. The van der Waals surface area contributed by atoms with E-state index < -0.39 is 0 Å². The van der Waals surface area contributed by atoms with E-state index >= 15 is 0 Å². The van der Waals surface area contributed by atoms with Crippen LogP contribution in [0.3, 0.4) is 0 Å². The van der Waals surface area contributed by atoms with Gasteiger partial charge in [0.1, 0.15) is 5.82 Å². The highest BCUT2D eigenvalue weighted by Gasteiger charge is 2.34. The number of nitrogens with one attached hydrogen (secondary N) is 1. The van der Waals surface area contributed by atoms with Crippen LogP contribution in [0.25, 0.3) is 0 Å². The van der Waals surface area contributed by atoms with Crippen LogP contribution in [0.1, 0.15) is 51.0 Å². The minimum Gasteiger partial charge on any atom is -0.307 e. The standard InChI is InChI=1S/C15H21BrFN/c1-2-8-15(9-4-3-5-10-18-15)13-11-12(16)6-7-14(13)17/h6-7,11,18H,2-5,8-10H2,1H3. The van der Waals surface area contributed by atoms with Gasteiger partial charge in [0.05, 0.1) is 0 Å². The first-order valence-corrected chi connectivity index (χ1v) is 7.68. The molecular formula is C15H21BrFN. The van der Waals surface area contributed by atoms with Gasteiger partial charge in [0, 0.05) is 15.6 Å². The molecule has 0 bridgehead atoms. The van der Waals surface area contributed by atoms with E-state index in [2.05, 4.69) is 28.2 Å². The van der Waals surface area contributed by atoms with Gasteiger partial charge in [0.15, 0.2) is 0 Å². The zero-order valence-electron chi connectivity index (χ0n) is 10.9. The van der Waals surface area contributed by atoms with Crippen molar-refractivity contribution in [2.45, 2.75) is 51.0 Å². The molecule has 0 amide bonds. The van der Waals surface area contributed by atoms with E-state index in [1.54, 1.807) is 12.1 Å². The second kappa shape index (κ2) is 6.16. The molecule has 0 aliphatic carbocycles. The highest BCUT2D eigenvalue weighted by molar-refractivity contribution is 9.10. The van der Waals surface area contributed by atoms with Crippen LogP contribution in [0.5, 0.6) is 0 Å². The van der Waals surface area contributed by atoms with E-state index in [1.807, 2.05) is 6.07 Å². The van der Waals surface area contributed by atoms with E-state index in [0.717, 1.165) is 35.8 Å². The van der Waals surface area contributed by atoms with Crippen molar-refractivity contribution in [2.24, 2.45) is 0 Å². The van der Waals surface area contributed by atoms with Crippen LogP contribution < -0.4 is 5.32 Å². The summed E-state index contributed by atoms with van der Waals surface area (Å²) in [6, 6.07) is 5.29. The van der Waals surface area contributed by atoms with Crippen molar-refractivity contribution >= 4 is 15.9 Å². The van der Waals surface area contributed by atoms with Gasteiger partial charge in [0.25, 0.3) is 0 Å². The van der Waals surface area contributed by atoms with Crippen molar-refractivity contribution in [3.8, 4) is 0 Å². The summed E-state index contributed by atoms with van der Waals surface area (Å²) in [5.74, 6) is -0.0824. The van der Waals surface area contributed by atoms with Gasteiger partial charge in [-0.2, -0.15) is 0 Å². The summed E-state index contributed by atoms with van der Waals surface area (Å²) >= 11 is 3.46. The lowest BCUT2D eigenvalue weighted by Crippen LogP contribution is -2.42. The van der Waals surface area contributed by atoms with Gasteiger partial charge < -0.3 is 5.32 Å². The summed E-state index contributed by atoms with van der Waals surface area (Å²) in [4.78, 5) is 0. The SMILES string of the molecule is CCCC1(c2cc(Br)ccc2F)CCCCCN1. The number of hydrogen-bond donors (Lipinski definition) is 1. The molecular weight excluding hydrogens is 293 g/mol. The van der Waals surface area contributed by atoms with Gasteiger partial charge in [-0.3, -0.25) is 0 Å². The van der Waals surface area contributed by atoms with Gasteiger partial charge in [-0.15, -0.1) is 0 Å². The molecule has 100 valence electrons. The molecule has 1 nitrogen and oxygen atoms in total. The van der Waals surface area contributed by atoms with E-state index in [4.69, 9.17) is 0 Å². The van der Waals surface area contributed by atoms with Crippen LogP contribution in [-0.4, -0.2) is 6.54 Å². The fraction of sp³-hybridized carbons (Fsp3) is 0.600. The minimum atomic E-state index is -0.168. The number of halogens is 2. The molecule has 1 N–H and O–H groups in total. The van der Waals surface area contributed by atoms with E-state index in [-0.39, 0.29) is 11.4 Å². The van der Waals surface area contributed by atoms with Crippen LogP contribution in [0.15, 0.2) is 22.7 Å². The van der Waals surface area contributed by atoms with Crippen molar-refractivity contribution in [1.82, 2.24) is 5.32 Å². The van der Waals surface area contributed by atoms with Crippen molar-refractivity contribution in [1.29, 1.82) is 0 Å². The second-order valence-electron chi connectivity index (χ2n) is 5.19. The Morgan fingerprint density at radius 3 is 2.94 bits per heavy atom. The highest BCUT2D eigenvalue weighted by atomic mass is 79.9. The zero-order valence-corrected chi connectivity index (χ0v) is 12.5. The summed E-state index contributed by atoms with van der Waals surface area (Å²) in [6.07, 6.45) is 6.72. The Hall–Kier alpha value is -0.410. The van der Waals surface area contributed by atoms with Gasteiger partial charge in [0.2, 0.25) is 0 Å². The highest BCUT2D eigenvalue weighted by Crippen LogP contribution is 2.36. The molecule has 18 heavy (non-hydrogen) atoms. The van der Waals surface area contributed by atoms with Gasteiger partial charge >= 0.3 is 0 Å². The summed E-state index contributed by atoms with van der Waals surface area (Å²) < 4.78 is 15.2. The van der Waals surface area contributed by atoms with Gasteiger partial charge in [-0.1, -0.05) is 42.1 Å². The summed E-state index contributed by atoms with van der Waals surface area (Å²) in [6.45, 7) is 3.16. The Morgan fingerprint density at radius 1 is 1.33 bits per heavy atom. The maximum atomic E-state index is 14.2. The monoisotopic (exact) mass is 313 g/mol. The van der Waals surface area contributed by atoms with Crippen molar-refractivity contribution in [3.05, 3.63) is 34.1 Å². The molecule has 1 aromatic rings. The number of hydrogen-bond acceptors (Lipinski definition) is 1. The third kappa shape index (κ3) is 2.94. The normalized spacial score (nSPS) is 24.8. The summed E-state index contributed by atoms with van der Waals surface area (Å²) in [5.41, 5.74) is 0.666. The molecule has 1 saturated heterocycles. The smallest absolute Gasteiger partial charge is 0.128 e. The maximum absolute atomic E-state index is 14.2. The average molecular weight is 314 g/mol. The Labute approximate surface area is 117 Å². The Bertz CT molecular complexity index is 397. The molecule has 1 unspecified atom stereocenters. The molecule has 2 rings (SSSR count). The van der Waals surface area contributed by atoms with Crippen LogP contribution in [0, 0.1) is 5.82 Å². The fourth-order valence-electron chi connectivity index (χ4n) is 3.01. The minimum absolute atomic E-state index is 0.0824. The lowest BCUT2D eigenvalue weighted by atomic mass is 9.81. The number of benzene rings is 1. The Kier molecular flexibility index (Phi) is 4.79. The molecule has 0 spiro atoms. The molecule has 0 saturated carbocycles. The topological polar surface area (TPSA) is 12.0 Å². The van der Waals surface area contributed by atoms with Crippen molar-refractivity contribution in [3.63, 3.8) is 0 Å². The van der Waals surface area contributed by atoms with E-state index in [1.165, 1.54) is 19.3 Å². The largest absolute Gasteiger partial charge is 0.307 e. The third-order valence-electron chi connectivity index (χ3n) is 3.86. The predicted octanol–water partition coefficient (Wildman–Crippen LogP) is 4.75. The molecule has 1 aromatic carbocycles. The maximum Gasteiger partial charge on any atom is 0.128 e. The van der Waals surface area contributed by atoms with E-state index in [0.29, 0.717) is 0 Å². The molecule has 1 fully saturated rings. The predicted molar refractivity (Wildman–Crippen MR) is 77.2 cm³/mol. The first kappa shape index (κ1) is 14.0. The van der Waals surface area contributed by atoms with Crippen molar-refractivity contribution in [2.75, 3.05) is 6.54 Å². The van der Waals surface area contributed by atoms with E-state index in [9.17, 15) is 4.39 Å². The van der Waals surface area contributed by atoms with Crippen LogP contribution in [0.4, 0.5) is 4.39 Å². The zero-order chi connectivity index (χ0) is 13.0. The van der Waals surface area contributed by atoms with Gasteiger partial charge in [-0.25, -0.2) is 4.39 Å². The van der Waals surface area contributed by atoms with Crippen molar-refractivity contribution < 1.29 is 4.39 Å². The van der Waals surface area contributed by atoms with Crippen LogP contribution in [0.2, 0.25) is 0 Å². The third-order valence-corrected chi connectivity index (χ3v) is 4.36. The quantitative estimate of drug-likeness (QED) is 0.849. The molecule has 1 atom stereocenters. The molecule has 1 aliphatic rings. The van der Waals surface area contributed by atoms with Gasteiger partial charge in [-0.05, 0) is 44.0 Å².